The number of nitrogens with one attached hydrogen (secondary N) is 2. The van der Waals surface area contributed by atoms with Gasteiger partial charge in [-0.2, -0.15) is 0 Å². The van der Waals surface area contributed by atoms with E-state index in [9.17, 15) is 0 Å². The molecule has 1 saturated heterocycles. The minimum Gasteiger partial charge on any atom is -0.379 e. The molecule has 0 aromatic carbocycles. The highest BCUT2D eigenvalue weighted by atomic mass is 127. The smallest absolute Gasteiger partial charge is 0.191 e. The van der Waals surface area contributed by atoms with Gasteiger partial charge in [-0.15, -0.1) is 24.0 Å². The summed E-state index contributed by atoms with van der Waals surface area (Å²) in [4.78, 5) is 10.7. The normalized spacial score (nSPS) is 16.1. The lowest BCUT2D eigenvalue weighted by molar-refractivity contribution is 0.0389. The molecule has 1 aliphatic heterocycles. The number of aliphatic imine (C=N–C) groups is 1. The van der Waals surface area contributed by atoms with E-state index in [4.69, 9.17) is 4.74 Å². The molecule has 0 bridgehead atoms. The first kappa shape index (κ1) is 19.2. The number of morpholine rings is 1. The van der Waals surface area contributed by atoms with E-state index in [1.807, 2.05) is 12.5 Å². The van der Waals surface area contributed by atoms with E-state index in [0.29, 0.717) is 0 Å². The van der Waals surface area contributed by atoms with Crippen molar-refractivity contribution in [1.82, 2.24) is 25.1 Å². The fourth-order valence-corrected chi connectivity index (χ4v) is 2.27. The average Bonchev–Trinajstić information content (AvgIpc) is 3.04. The Balaban J connectivity index is 0.00000242. The maximum atomic E-state index is 5.34. The predicted molar refractivity (Wildman–Crippen MR) is 98.9 cm³/mol. The Kier molecular flexibility index (Phi) is 10.2. The number of guanidine groups is 1. The molecule has 1 aliphatic rings. The molecule has 126 valence electrons. The molecule has 1 aromatic rings. The van der Waals surface area contributed by atoms with Crippen molar-refractivity contribution in [3.8, 4) is 0 Å². The van der Waals surface area contributed by atoms with Crippen LogP contribution in [0.15, 0.2) is 23.7 Å². The average molecular weight is 422 g/mol. The molecular weight excluding hydrogens is 395 g/mol. The van der Waals surface area contributed by atoms with Crippen LogP contribution in [-0.4, -0.2) is 73.4 Å². The molecule has 0 radical (unpaired) electrons. The van der Waals surface area contributed by atoms with E-state index < -0.39 is 0 Å². The van der Waals surface area contributed by atoms with Gasteiger partial charge in [0.15, 0.2) is 5.96 Å². The van der Waals surface area contributed by atoms with E-state index in [0.717, 1.165) is 64.9 Å². The second kappa shape index (κ2) is 11.7. The molecule has 0 spiro atoms. The standard InChI is InChI=1S/C14H26N6O.HI/c1-15-14(17-3-2-6-20-7-4-16-13-20)18-5-8-19-9-11-21-12-10-19;/h4,7,13H,2-3,5-6,8-12H2,1H3,(H2,15,17,18);1H. The number of imidazole rings is 1. The fourth-order valence-electron chi connectivity index (χ4n) is 2.27. The van der Waals surface area contributed by atoms with Gasteiger partial charge in [0, 0.05) is 58.7 Å². The van der Waals surface area contributed by atoms with Crippen molar-refractivity contribution in [3.05, 3.63) is 18.7 Å². The maximum absolute atomic E-state index is 5.34. The van der Waals surface area contributed by atoms with Crippen LogP contribution < -0.4 is 10.6 Å². The molecule has 0 aliphatic carbocycles. The minimum atomic E-state index is 0. The molecule has 0 unspecified atom stereocenters. The van der Waals surface area contributed by atoms with Crippen molar-refractivity contribution < 1.29 is 4.74 Å². The van der Waals surface area contributed by atoms with Crippen LogP contribution in [0.4, 0.5) is 0 Å². The molecule has 2 heterocycles. The number of rotatable bonds is 7. The number of hydrogen-bond donors (Lipinski definition) is 2. The van der Waals surface area contributed by atoms with E-state index in [2.05, 4.69) is 30.1 Å². The molecule has 0 amide bonds. The van der Waals surface area contributed by atoms with E-state index >= 15 is 0 Å². The number of hydrogen-bond acceptors (Lipinski definition) is 4. The van der Waals surface area contributed by atoms with Gasteiger partial charge in [0.2, 0.25) is 0 Å². The lowest BCUT2D eigenvalue weighted by Gasteiger charge is -2.26. The van der Waals surface area contributed by atoms with Crippen LogP contribution in [0.25, 0.3) is 0 Å². The van der Waals surface area contributed by atoms with Crippen molar-refractivity contribution in [2.45, 2.75) is 13.0 Å². The second-order valence-electron chi connectivity index (χ2n) is 5.03. The second-order valence-corrected chi connectivity index (χ2v) is 5.03. The van der Waals surface area contributed by atoms with Crippen LogP contribution in [0.2, 0.25) is 0 Å². The summed E-state index contributed by atoms with van der Waals surface area (Å²) >= 11 is 0. The van der Waals surface area contributed by atoms with Crippen LogP contribution in [0, 0.1) is 0 Å². The molecule has 8 heteroatoms. The Morgan fingerprint density at radius 2 is 2.00 bits per heavy atom. The van der Waals surface area contributed by atoms with Crippen LogP contribution in [-0.2, 0) is 11.3 Å². The molecule has 2 N–H and O–H groups in total. The number of ether oxygens (including phenoxy) is 1. The first-order valence-electron chi connectivity index (χ1n) is 7.59. The van der Waals surface area contributed by atoms with Gasteiger partial charge in [0.1, 0.15) is 0 Å². The zero-order valence-corrected chi connectivity index (χ0v) is 15.5. The Bertz CT molecular complexity index is 405. The quantitative estimate of drug-likeness (QED) is 0.288. The largest absolute Gasteiger partial charge is 0.379 e. The molecule has 22 heavy (non-hydrogen) atoms. The summed E-state index contributed by atoms with van der Waals surface area (Å²) < 4.78 is 7.42. The summed E-state index contributed by atoms with van der Waals surface area (Å²) in [5.41, 5.74) is 0. The van der Waals surface area contributed by atoms with Gasteiger partial charge < -0.3 is 19.9 Å². The number of halogens is 1. The zero-order chi connectivity index (χ0) is 14.8. The van der Waals surface area contributed by atoms with Gasteiger partial charge in [-0.05, 0) is 6.42 Å². The van der Waals surface area contributed by atoms with Crippen molar-refractivity contribution in [2.24, 2.45) is 4.99 Å². The summed E-state index contributed by atoms with van der Waals surface area (Å²) in [5, 5.41) is 6.68. The monoisotopic (exact) mass is 422 g/mol. The summed E-state index contributed by atoms with van der Waals surface area (Å²) in [7, 11) is 1.81. The third kappa shape index (κ3) is 7.41. The van der Waals surface area contributed by atoms with Crippen molar-refractivity contribution >= 4 is 29.9 Å². The number of aromatic nitrogens is 2. The van der Waals surface area contributed by atoms with Gasteiger partial charge in [0.25, 0.3) is 0 Å². The van der Waals surface area contributed by atoms with Gasteiger partial charge in [-0.25, -0.2) is 4.98 Å². The third-order valence-corrected chi connectivity index (χ3v) is 3.49. The van der Waals surface area contributed by atoms with Crippen LogP contribution in [0.1, 0.15) is 6.42 Å². The zero-order valence-electron chi connectivity index (χ0n) is 13.2. The lowest BCUT2D eigenvalue weighted by atomic mass is 10.4. The highest BCUT2D eigenvalue weighted by molar-refractivity contribution is 14.0. The molecule has 0 atom stereocenters. The highest BCUT2D eigenvalue weighted by Gasteiger charge is 2.09. The molecule has 1 aromatic heterocycles. The highest BCUT2D eigenvalue weighted by Crippen LogP contribution is 1.94. The topological polar surface area (TPSA) is 66.7 Å². The minimum absolute atomic E-state index is 0. The van der Waals surface area contributed by atoms with Gasteiger partial charge in [0.05, 0.1) is 19.5 Å². The Morgan fingerprint density at radius 3 is 2.68 bits per heavy atom. The van der Waals surface area contributed by atoms with E-state index in [1.54, 1.807) is 13.2 Å². The first-order valence-corrected chi connectivity index (χ1v) is 7.59. The SMILES string of the molecule is CN=C(NCCCn1ccnc1)NCCN1CCOCC1.I. The van der Waals surface area contributed by atoms with Crippen molar-refractivity contribution in [1.29, 1.82) is 0 Å². The molecular formula is C14H27IN6O. The third-order valence-electron chi connectivity index (χ3n) is 3.49. The van der Waals surface area contributed by atoms with E-state index in [1.165, 1.54) is 0 Å². The van der Waals surface area contributed by atoms with Crippen molar-refractivity contribution in [3.63, 3.8) is 0 Å². The van der Waals surface area contributed by atoms with Crippen molar-refractivity contribution in [2.75, 3.05) is 53.0 Å². The number of aryl methyl sites for hydroxylation is 1. The molecule has 1 fully saturated rings. The first-order chi connectivity index (χ1) is 10.4. The molecule has 0 saturated carbocycles. The van der Waals surface area contributed by atoms with Gasteiger partial charge in [-0.3, -0.25) is 9.89 Å². The van der Waals surface area contributed by atoms with Crippen LogP contribution in [0.3, 0.4) is 0 Å². The Hall–Kier alpha value is -0.870. The van der Waals surface area contributed by atoms with Gasteiger partial charge in [-0.1, -0.05) is 0 Å². The summed E-state index contributed by atoms with van der Waals surface area (Å²) in [6.45, 7) is 7.55. The summed E-state index contributed by atoms with van der Waals surface area (Å²) in [5.74, 6) is 0.869. The predicted octanol–water partition coefficient (Wildman–Crippen LogP) is 0.388. The van der Waals surface area contributed by atoms with Crippen LogP contribution >= 0.6 is 24.0 Å². The maximum Gasteiger partial charge on any atom is 0.191 e. The fraction of sp³-hybridized carbons (Fsp3) is 0.714. The molecule has 7 nitrogen and oxygen atoms in total. The Morgan fingerprint density at radius 1 is 1.23 bits per heavy atom. The van der Waals surface area contributed by atoms with Crippen LogP contribution in [0.5, 0.6) is 0 Å². The molecule has 2 rings (SSSR count). The van der Waals surface area contributed by atoms with Gasteiger partial charge >= 0.3 is 0 Å². The number of nitrogens with zero attached hydrogens (tertiary/aromatic N) is 4. The summed E-state index contributed by atoms with van der Waals surface area (Å²) in [6.07, 6.45) is 6.67. The van der Waals surface area contributed by atoms with E-state index in [-0.39, 0.29) is 24.0 Å². The summed E-state index contributed by atoms with van der Waals surface area (Å²) in [6, 6.07) is 0. The Labute approximate surface area is 149 Å². The lowest BCUT2D eigenvalue weighted by Crippen LogP contribution is -2.44.